The van der Waals surface area contributed by atoms with Crippen molar-refractivity contribution in [3.8, 4) is 0 Å². The zero-order valence-corrected chi connectivity index (χ0v) is 6.00. The maximum Gasteiger partial charge on any atom is 0.322 e. The summed E-state index contributed by atoms with van der Waals surface area (Å²) >= 11 is 0. The molecule has 1 fully saturated rings. The topological polar surface area (TPSA) is 52.6 Å². The molecular formula is C6H12N2O2. The molecule has 1 aliphatic heterocycles. The molecule has 58 valence electrons. The summed E-state index contributed by atoms with van der Waals surface area (Å²) < 4.78 is 0. The fourth-order valence-electron chi connectivity index (χ4n) is 1.11. The van der Waals surface area contributed by atoms with Crippen LogP contribution in [0.5, 0.6) is 0 Å². The van der Waals surface area contributed by atoms with Gasteiger partial charge in [-0.05, 0) is 12.8 Å². The van der Waals surface area contributed by atoms with E-state index in [9.17, 15) is 4.79 Å². The van der Waals surface area contributed by atoms with Gasteiger partial charge in [-0.25, -0.2) is 10.4 Å². The van der Waals surface area contributed by atoms with Crippen molar-refractivity contribution in [1.29, 1.82) is 0 Å². The molecule has 0 aromatic carbocycles. The second kappa shape index (κ2) is 2.98. The first-order valence-corrected chi connectivity index (χ1v) is 3.40. The first kappa shape index (κ1) is 7.50. The van der Waals surface area contributed by atoms with Crippen molar-refractivity contribution in [2.24, 2.45) is 0 Å². The van der Waals surface area contributed by atoms with Crippen molar-refractivity contribution < 1.29 is 9.90 Å². The number of aliphatic carboxylic acids is 1. The maximum absolute atomic E-state index is 10.4. The van der Waals surface area contributed by atoms with Gasteiger partial charge in [0, 0.05) is 13.6 Å². The Morgan fingerprint density at radius 2 is 2.50 bits per heavy atom. The van der Waals surface area contributed by atoms with E-state index >= 15 is 0 Å². The van der Waals surface area contributed by atoms with E-state index in [0.717, 1.165) is 19.4 Å². The Labute approximate surface area is 59.8 Å². The van der Waals surface area contributed by atoms with Gasteiger partial charge in [-0.2, -0.15) is 0 Å². The summed E-state index contributed by atoms with van der Waals surface area (Å²) in [5.74, 6) is -0.758. The van der Waals surface area contributed by atoms with Gasteiger partial charge in [-0.1, -0.05) is 0 Å². The average Bonchev–Trinajstić information content (AvgIpc) is 1.88. The number of nitrogens with zero attached hydrogens (tertiary/aromatic N) is 1. The quantitative estimate of drug-likeness (QED) is 0.529. The van der Waals surface area contributed by atoms with E-state index in [-0.39, 0.29) is 6.04 Å². The van der Waals surface area contributed by atoms with Crippen LogP contribution in [0.15, 0.2) is 0 Å². The number of hydrazine groups is 1. The van der Waals surface area contributed by atoms with Crippen molar-refractivity contribution >= 4 is 5.97 Å². The zero-order chi connectivity index (χ0) is 7.56. The fraction of sp³-hybridized carbons (Fsp3) is 0.833. The molecular weight excluding hydrogens is 132 g/mol. The summed E-state index contributed by atoms with van der Waals surface area (Å²) in [4.78, 5) is 10.4. The molecule has 0 radical (unpaired) electrons. The van der Waals surface area contributed by atoms with Gasteiger partial charge in [0.05, 0.1) is 0 Å². The highest BCUT2D eigenvalue weighted by Crippen LogP contribution is 2.04. The summed E-state index contributed by atoms with van der Waals surface area (Å²) in [5, 5.41) is 10.4. The van der Waals surface area contributed by atoms with Gasteiger partial charge in [0.15, 0.2) is 0 Å². The van der Waals surface area contributed by atoms with Crippen LogP contribution < -0.4 is 5.43 Å². The molecule has 1 unspecified atom stereocenters. The van der Waals surface area contributed by atoms with Crippen molar-refractivity contribution in [3.63, 3.8) is 0 Å². The molecule has 1 aliphatic rings. The van der Waals surface area contributed by atoms with E-state index in [2.05, 4.69) is 5.43 Å². The van der Waals surface area contributed by atoms with E-state index in [0.29, 0.717) is 0 Å². The summed E-state index contributed by atoms with van der Waals surface area (Å²) in [6.07, 6.45) is 1.69. The van der Waals surface area contributed by atoms with Crippen molar-refractivity contribution in [3.05, 3.63) is 0 Å². The number of carboxylic acid groups (broad SMARTS) is 1. The average molecular weight is 144 g/mol. The molecule has 1 rings (SSSR count). The van der Waals surface area contributed by atoms with Gasteiger partial charge in [-0.3, -0.25) is 4.79 Å². The molecule has 1 atom stereocenters. The highest BCUT2D eigenvalue weighted by molar-refractivity contribution is 5.73. The van der Waals surface area contributed by atoms with E-state index in [1.807, 2.05) is 12.1 Å². The van der Waals surface area contributed by atoms with E-state index in [4.69, 9.17) is 5.11 Å². The van der Waals surface area contributed by atoms with Gasteiger partial charge in [0.2, 0.25) is 0 Å². The minimum atomic E-state index is -0.758. The van der Waals surface area contributed by atoms with Gasteiger partial charge in [-0.15, -0.1) is 0 Å². The van der Waals surface area contributed by atoms with Crippen LogP contribution in [0.4, 0.5) is 0 Å². The number of nitrogens with one attached hydrogen (secondary N) is 1. The van der Waals surface area contributed by atoms with E-state index in [1.165, 1.54) is 0 Å². The Kier molecular flexibility index (Phi) is 2.24. The molecule has 0 bridgehead atoms. The Balaban J connectivity index is 2.39. The Hall–Kier alpha value is -0.610. The molecule has 0 aliphatic carbocycles. The van der Waals surface area contributed by atoms with Gasteiger partial charge in [0.25, 0.3) is 0 Å². The lowest BCUT2D eigenvalue weighted by Gasteiger charge is -2.28. The predicted octanol–water partition coefficient (Wildman–Crippen LogP) is -0.330. The maximum atomic E-state index is 10.4. The molecule has 2 N–H and O–H groups in total. The number of carboxylic acids is 1. The summed E-state index contributed by atoms with van der Waals surface area (Å²) in [6.45, 7) is 0.934. The number of hydrogen-bond acceptors (Lipinski definition) is 3. The Bertz CT molecular complexity index is 138. The Morgan fingerprint density at radius 1 is 1.80 bits per heavy atom. The SMILES string of the molecule is CN1CCCC(C(=O)O)N1. The van der Waals surface area contributed by atoms with Gasteiger partial charge < -0.3 is 5.11 Å². The standard InChI is InChI=1S/C6H12N2O2/c1-8-4-2-3-5(7-8)6(9)10/h5,7H,2-4H2,1H3,(H,9,10). The van der Waals surface area contributed by atoms with Crippen LogP contribution in [0.1, 0.15) is 12.8 Å². The van der Waals surface area contributed by atoms with Crippen LogP contribution in [0.3, 0.4) is 0 Å². The van der Waals surface area contributed by atoms with Crippen molar-refractivity contribution in [1.82, 2.24) is 10.4 Å². The van der Waals surface area contributed by atoms with Crippen molar-refractivity contribution in [2.75, 3.05) is 13.6 Å². The second-order valence-electron chi connectivity index (χ2n) is 2.58. The number of carbonyl (C=O) groups is 1. The molecule has 0 aromatic heterocycles. The summed E-state index contributed by atoms with van der Waals surface area (Å²) in [7, 11) is 1.86. The first-order chi connectivity index (χ1) is 4.70. The number of rotatable bonds is 1. The molecule has 0 spiro atoms. The molecule has 0 saturated carbocycles. The highest BCUT2D eigenvalue weighted by Gasteiger charge is 2.21. The highest BCUT2D eigenvalue weighted by atomic mass is 16.4. The second-order valence-corrected chi connectivity index (χ2v) is 2.58. The predicted molar refractivity (Wildman–Crippen MR) is 36.4 cm³/mol. The van der Waals surface area contributed by atoms with Crippen LogP contribution in [-0.2, 0) is 4.79 Å². The first-order valence-electron chi connectivity index (χ1n) is 3.40. The third-order valence-corrected chi connectivity index (χ3v) is 1.66. The van der Waals surface area contributed by atoms with Gasteiger partial charge >= 0.3 is 5.97 Å². The molecule has 0 aromatic rings. The monoisotopic (exact) mass is 144 g/mol. The fourth-order valence-corrected chi connectivity index (χ4v) is 1.11. The third-order valence-electron chi connectivity index (χ3n) is 1.66. The van der Waals surface area contributed by atoms with Crippen LogP contribution in [0, 0.1) is 0 Å². The third kappa shape index (κ3) is 1.68. The lowest BCUT2D eigenvalue weighted by molar-refractivity contribution is -0.142. The lowest BCUT2D eigenvalue weighted by Crippen LogP contribution is -2.50. The molecule has 1 saturated heterocycles. The number of hydrogen-bond donors (Lipinski definition) is 2. The smallest absolute Gasteiger partial charge is 0.322 e. The van der Waals surface area contributed by atoms with Crippen LogP contribution >= 0.6 is 0 Å². The van der Waals surface area contributed by atoms with E-state index in [1.54, 1.807) is 0 Å². The lowest BCUT2D eigenvalue weighted by atomic mass is 10.1. The normalized spacial score (nSPS) is 28.3. The van der Waals surface area contributed by atoms with Crippen molar-refractivity contribution in [2.45, 2.75) is 18.9 Å². The van der Waals surface area contributed by atoms with Gasteiger partial charge in [0.1, 0.15) is 6.04 Å². The van der Waals surface area contributed by atoms with E-state index < -0.39 is 5.97 Å². The molecule has 4 heteroatoms. The molecule has 1 heterocycles. The van der Waals surface area contributed by atoms with Crippen LogP contribution in [-0.4, -0.2) is 35.7 Å². The van der Waals surface area contributed by atoms with Crippen LogP contribution in [0.25, 0.3) is 0 Å². The largest absolute Gasteiger partial charge is 0.480 e. The summed E-state index contributed by atoms with van der Waals surface area (Å²) in [5.41, 5.74) is 2.85. The van der Waals surface area contributed by atoms with Crippen LogP contribution in [0.2, 0.25) is 0 Å². The molecule has 0 amide bonds. The zero-order valence-electron chi connectivity index (χ0n) is 6.00. The summed E-state index contributed by atoms with van der Waals surface area (Å²) in [6, 6.07) is -0.376. The minimum Gasteiger partial charge on any atom is -0.480 e. The molecule has 10 heavy (non-hydrogen) atoms. The minimum absolute atomic E-state index is 0.376. The Morgan fingerprint density at radius 3 is 2.90 bits per heavy atom. The molecule has 4 nitrogen and oxygen atoms in total.